The maximum Gasteiger partial charge on any atom is 0.463 e. The van der Waals surface area contributed by atoms with Gasteiger partial charge in [-0.1, -0.05) is 47.0 Å². The van der Waals surface area contributed by atoms with Crippen molar-refractivity contribution in [2.45, 2.75) is 135 Å². The molecule has 2 fully saturated rings. The normalized spacial score (nSPS) is 33.1. The topological polar surface area (TPSA) is 36.9 Å². The van der Waals surface area contributed by atoms with Crippen LogP contribution in [0.4, 0.5) is 0 Å². The molecule has 0 spiro atoms. The number of hydrogen-bond acceptors (Lipinski definition) is 4. The Morgan fingerprint density at radius 1 is 0.704 bits per heavy atom. The minimum atomic E-state index is -0.353. The Labute approximate surface area is 168 Å². The summed E-state index contributed by atoms with van der Waals surface area (Å²) in [6.45, 7) is 21.7. The second-order valence-corrected chi connectivity index (χ2v) is 11.1. The van der Waals surface area contributed by atoms with Crippen molar-refractivity contribution >= 4 is 14.2 Å². The molecule has 2 rings (SSSR count). The van der Waals surface area contributed by atoms with Crippen LogP contribution >= 0.6 is 0 Å². The molecule has 0 aromatic rings. The van der Waals surface area contributed by atoms with Gasteiger partial charge in [-0.15, -0.1) is 0 Å². The molecule has 0 aliphatic carbocycles. The van der Waals surface area contributed by atoms with E-state index in [1.807, 2.05) is 0 Å². The summed E-state index contributed by atoms with van der Waals surface area (Å²) in [6, 6.07) is 0. The van der Waals surface area contributed by atoms with Crippen LogP contribution in [0.1, 0.15) is 101 Å². The predicted molar refractivity (Wildman–Crippen MR) is 114 cm³/mol. The lowest BCUT2D eigenvalue weighted by atomic mass is 9.61. The zero-order chi connectivity index (χ0) is 20.7. The summed E-state index contributed by atoms with van der Waals surface area (Å²) in [4.78, 5) is 0. The molecule has 156 valence electrons. The molecule has 2 unspecified atom stereocenters. The van der Waals surface area contributed by atoms with E-state index in [9.17, 15) is 0 Å². The van der Waals surface area contributed by atoms with Crippen molar-refractivity contribution in [1.82, 2.24) is 0 Å². The standard InChI is InChI=1S/C21H42B2O4/c1-11-12-13-16-22-24-18(5,6)20(9,26-22)14-15-21(10)19(7,8)25-23(27-21)17(2,3)4/h11-16H2,1-10H3. The van der Waals surface area contributed by atoms with Crippen LogP contribution in [0.3, 0.4) is 0 Å². The van der Waals surface area contributed by atoms with Crippen molar-refractivity contribution in [3.8, 4) is 0 Å². The molecule has 0 radical (unpaired) electrons. The first-order chi connectivity index (χ1) is 12.2. The Morgan fingerprint density at radius 3 is 1.70 bits per heavy atom. The van der Waals surface area contributed by atoms with Crippen LogP contribution in [0.5, 0.6) is 0 Å². The molecule has 0 bridgehead atoms. The maximum absolute atomic E-state index is 6.49. The second kappa shape index (κ2) is 7.66. The summed E-state index contributed by atoms with van der Waals surface area (Å²) in [5.74, 6) is 0. The zero-order valence-electron chi connectivity index (χ0n) is 19.5. The highest BCUT2D eigenvalue weighted by Crippen LogP contribution is 2.49. The molecule has 0 aromatic carbocycles. The Kier molecular flexibility index (Phi) is 6.60. The lowest BCUT2D eigenvalue weighted by Crippen LogP contribution is -2.50. The van der Waals surface area contributed by atoms with Crippen LogP contribution in [0.2, 0.25) is 11.6 Å². The average molecular weight is 380 g/mol. The Balaban J connectivity index is 2.05. The Hall–Kier alpha value is -0.0301. The highest BCUT2D eigenvalue weighted by Gasteiger charge is 2.59. The fourth-order valence-corrected chi connectivity index (χ4v) is 3.93. The van der Waals surface area contributed by atoms with Gasteiger partial charge in [-0.05, 0) is 66.0 Å². The van der Waals surface area contributed by atoms with E-state index in [4.69, 9.17) is 18.6 Å². The highest BCUT2D eigenvalue weighted by molar-refractivity contribution is 6.49. The molecule has 6 heteroatoms. The molecule has 4 nitrogen and oxygen atoms in total. The van der Waals surface area contributed by atoms with E-state index < -0.39 is 0 Å². The molecular weight excluding hydrogens is 338 g/mol. The van der Waals surface area contributed by atoms with Gasteiger partial charge in [0.1, 0.15) is 0 Å². The van der Waals surface area contributed by atoms with Crippen LogP contribution in [-0.2, 0) is 18.6 Å². The molecule has 2 aliphatic rings. The van der Waals surface area contributed by atoms with Gasteiger partial charge in [-0.25, -0.2) is 0 Å². The summed E-state index contributed by atoms with van der Waals surface area (Å²) in [6.07, 6.45) is 6.32. The molecule has 27 heavy (non-hydrogen) atoms. The predicted octanol–water partition coefficient (Wildman–Crippen LogP) is 5.90. The summed E-state index contributed by atoms with van der Waals surface area (Å²) in [7, 11) is -0.290. The fourth-order valence-electron chi connectivity index (χ4n) is 3.93. The smallest absolute Gasteiger partial charge is 0.403 e. The second-order valence-electron chi connectivity index (χ2n) is 11.1. The number of hydrogen-bond donors (Lipinski definition) is 0. The Morgan fingerprint density at radius 2 is 1.22 bits per heavy atom. The molecule has 0 aromatic heterocycles. The van der Waals surface area contributed by atoms with Gasteiger partial charge in [0.25, 0.3) is 0 Å². The van der Waals surface area contributed by atoms with Crippen LogP contribution in [-0.4, -0.2) is 36.6 Å². The van der Waals surface area contributed by atoms with Gasteiger partial charge < -0.3 is 18.6 Å². The summed E-state index contributed by atoms with van der Waals surface area (Å²) in [5.41, 5.74) is -1.33. The summed E-state index contributed by atoms with van der Waals surface area (Å²) >= 11 is 0. The van der Waals surface area contributed by atoms with E-state index >= 15 is 0 Å². The fraction of sp³-hybridized carbons (Fsp3) is 1.00. The molecule has 0 saturated carbocycles. The quantitative estimate of drug-likeness (QED) is 0.407. The summed E-state index contributed by atoms with van der Waals surface area (Å²) < 4.78 is 25.6. The minimum Gasteiger partial charge on any atom is -0.403 e. The molecule has 0 N–H and O–H groups in total. The van der Waals surface area contributed by atoms with E-state index in [-0.39, 0.29) is 42.0 Å². The van der Waals surface area contributed by atoms with E-state index in [0.29, 0.717) is 0 Å². The van der Waals surface area contributed by atoms with Gasteiger partial charge in [-0.2, -0.15) is 0 Å². The first-order valence-electron chi connectivity index (χ1n) is 10.9. The highest BCUT2D eigenvalue weighted by atomic mass is 16.7. The van der Waals surface area contributed by atoms with Crippen molar-refractivity contribution < 1.29 is 18.6 Å². The van der Waals surface area contributed by atoms with E-state index in [0.717, 1.165) is 25.6 Å². The van der Waals surface area contributed by atoms with Gasteiger partial charge in [0.05, 0.1) is 22.4 Å². The third-order valence-electron chi connectivity index (χ3n) is 6.96. The monoisotopic (exact) mass is 380 g/mol. The first-order valence-corrected chi connectivity index (χ1v) is 10.9. The van der Waals surface area contributed by atoms with Crippen LogP contribution < -0.4 is 0 Å². The van der Waals surface area contributed by atoms with Crippen molar-refractivity contribution in [2.75, 3.05) is 0 Å². The molecule has 2 saturated heterocycles. The van der Waals surface area contributed by atoms with Crippen molar-refractivity contribution in [3.05, 3.63) is 0 Å². The Bertz CT molecular complexity index is 517. The third-order valence-corrected chi connectivity index (χ3v) is 6.96. The van der Waals surface area contributed by atoms with Crippen molar-refractivity contribution in [1.29, 1.82) is 0 Å². The molecule has 2 atom stereocenters. The van der Waals surface area contributed by atoms with Crippen LogP contribution in [0.15, 0.2) is 0 Å². The van der Waals surface area contributed by atoms with Crippen LogP contribution in [0.25, 0.3) is 0 Å². The van der Waals surface area contributed by atoms with Gasteiger partial charge in [0.2, 0.25) is 0 Å². The van der Waals surface area contributed by atoms with Gasteiger partial charge in [0.15, 0.2) is 0 Å². The molecule has 0 amide bonds. The third kappa shape index (κ3) is 4.76. The molecule has 2 aliphatic heterocycles. The van der Waals surface area contributed by atoms with E-state index in [1.54, 1.807) is 0 Å². The minimum absolute atomic E-state index is 0.0461. The van der Waals surface area contributed by atoms with Crippen molar-refractivity contribution in [2.24, 2.45) is 0 Å². The molecular formula is C21H42B2O4. The van der Waals surface area contributed by atoms with Gasteiger partial charge in [0, 0.05) is 0 Å². The van der Waals surface area contributed by atoms with Crippen LogP contribution in [0, 0.1) is 0 Å². The van der Waals surface area contributed by atoms with Gasteiger partial charge >= 0.3 is 14.2 Å². The van der Waals surface area contributed by atoms with E-state index in [2.05, 4.69) is 69.2 Å². The lowest BCUT2D eigenvalue weighted by molar-refractivity contribution is -0.0577. The zero-order valence-corrected chi connectivity index (χ0v) is 19.5. The number of rotatable bonds is 7. The largest absolute Gasteiger partial charge is 0.463 e. The van der Waals surface area contributed by atoms with Crippen molar-refractivity contribution in [3.63, 3.8) is 0 Å². The lowest BCUT2D eigenvalue weighted by Gasteiger charge is -2.42. The summed E-state index contributed by atoms with van der Waals surface area (Å²) in [5, 5.41) is -0.0461. The first kappa shape index (κ1) is 23.3. The van der Waals surface area contributed by atoms with Gasteiger partial charge in [-0.3, -0.25) is 0 Å². The van der Waals surface area contributed by atoms with E-state index in [1.165, 1.54) is 12.8 Å². The average Bonchev–Trinajstić information content (AvgIpc) is 2.88. The molecule has 2 heterocycles. The SMILES string of the molecule is CCCCCB1OC(C)(C)C(C)(CCC2(C)OB(C(C)(C)C)OC2(C)C)O1. The number of unbranched alkanes of at least 4 members (excludes halogenated alkanes) is 2. The maximum atomic E-state index is 6.49.